The predicted octanol–water partition coefficient (Wildman–Crippen LogP) is 4.67. The molecule has 1 N–H and O–H groups in total. The number of nitrogens with one attached hydrogen (secondary N) is 1. The van der Waals surface area contributed by atoms with E-state index in [9.17, 15) is 14.4 Å². The quantitative estimate of drug-likeness (QED) is 0.432. The molecule has 0 bridgehead atoms. The summed E-state index contributed by atoms with van der Waals surface area (Å²) in [5.41, 5.74) is 0.504. The number of amides is 1. The summed E-state index contributed by atoms with van der Waals surface area (Å²) in [4.78, 5) is 41.2. The molecule has 1 unspecified atom stereocenters. The highest BCUT2D eigenvalue weighted by Crippen LogP contribution is 2.44. The summed E-state index contributed by atoms with van der Waals surface area (Å²) in [7, 11) is 0. The number of nitrogens with zero attached hydrogens (tertiary/aromatic N) is 1. The Kier molecular flexibility index (Phi) is 10.6. The van der Waals surface area contributed by atoms with Crippen molar-refractivity contribution in [2.75, 3.05) is 13.2 Å². The number of rotatable bonds is 11. The van der Waals surface area contributed by atoms with Gasteiger partial charge in [0.2, 0.25) is 5.91 Å². The average molecular weight is 515 g/mol. The standard InChI is InChI=1S/C30H46N2O5/c1-6-36-29(35)26(17-16-22-12-8-7-9-13-22)31-21(2)28(34)32(20-27(33)37-30(3,4)5)25-18-23-14-10-11-15-24(23)19-25/h7-9,12-13,21,23-26,31H,6,10-11,14-20H2,1-5H3/t21-,23-,24+,25?,26-/m0/s1. The smallest absolute Gasteiger partial charge is 0.326 e. The second-order valence-corrected chi connectivity index (χ2v) is 11.7. The highest BCUT2D eigenvalue weighted by Gasteiger charge is 2.41. The van der Waals surface area contributed by atoms with Crippen LogP contribution in [0.5, 0.6) is 0 Å². The van der Waals surface area contributed by atoms with Crippen LogP contribution >= 0.6 is 0 Å². The fourth-order valence-corrected chi connectivity index (χ4v) is 5.94. The van der Waals surface area contributed by atoms with Crippen LogP contribution in [0.2, 0.25) is 0 Å². The van der Waals surface area contributed by atoms with E-state index in [0.29, 0.717) is 24.7 Å². The minimum atomic E-state index is -0.643. The van der Waals surface area contributed by atoms with E-state index in [2.05, 4.69) is 5.32 Å². The summed E-state index contributed by atoms with van der Waals surface area (Å²) in [6.07, 6.45) is 7.96. The van der Waals surface area contributed by atoms with Gasteiger partial charge >= 0.3 is 11.9 Å². The molecule has 2 aliphatic carbocycles. The summed E-state index contributed by atoms with van der Waals surface area (Å²) in [5, 5.41) is 3.24. The maximum atomic E-state index is 13.8. The van der Waals surface area contributed by atoms with Gasteiger partial charge in [-0.25, -0.2) is 0 Å². The molecular weight excluding hydrogens is 468 g/mol. The van der Waals surface area contributed by atoms with Gasteiger partial charge < -0.3 is 14.4 Å². The van der Waals surface area contributed by atoms with Crippen molar-refractivity contribution in [3.05, 3.63) is 35.9 Å². The molecule has 2 saturated carbocycles. The van der Waals surface area contributed by atoms with Crippen LogP contribution in [0.25, 0.3) is 0 Å². The summed E-state index contributed by atoms with van der Waals surface area (Å²) < 4.78 is 10.9. The Hall–Kier alpha value is -2.41. The summed E-state index contributed by atoms with van der Waals surface area (Å²) >= 11 is 0. The summed E-state index contributed by atoms with van der Waals surface area (Å²) in [6.45, 7) is 9.27. The first-order valence-corrected chi connectivity index (χ1v) is 14.1. The summed E-state index contributed by atoms with van der Waals surface area (Å²) in [6, 6.07) is 8.72. The summed E-state index contributed by atoms with van der Waals surface area (Å²) in [5.74, 6) is 0.323. The molecule has 0 saturated heterocycles. The molecule has 7 nitrogen and oxygen atoms in total. The lowest BCUT2D eigenvalue weighted by molar-refractivity contribution is -0.160. The average Bonchev–Trinajstić information content (AvgIpc) is 3.28. The van der Waals surface area contributed by atoms with Crippen LogP contribution in [-0.2, 0) is 30.3 Å². The number of fused-ring (bicyclic) bond motifs is 1. The van der Waals surface area contributed by atoms with Gasteiger partial charge in [-0.3, -0.25) is 19.7 Å². The van der Waals surface area contributed by atoms with Gasteiger partial charge in [0, 0.05) is 6.04 Å². The molecule has 2 aliphatic rings. The Labute approximate surface area is 222 Å². The molecule has 0 spiro atoms. The lowest BCUT2D eigenvalue weighted by Gasteiger charge is -2.33. The number of benzene rings is 1. The van der Waals surface area contributed by atoms with Gasteiger partial charge in [-0.1, -0.05) is 56.0 Å². The third-order valence-electron chi connectivity index (χ3n) is 7.62. The van der Waals surface area contributed by atoms with E-state index in [1.807, 2.05) is 51.1 Å². The first-order chi connectivity index (χ1) is 17.6. The Morgan fingerprint density at radius 1 is 1.05 bits per heavy atom. The fraction of sp³-hybridized carbons (Fsp3) is 0.700. The third kappa shape index (κ3) is 8.84. The zero-order chi connectivity index (χ0) is 27.0. The van der Waals surface area contributed by atoms with E-state index in [0.717, 1.165) is 18.4 Å². The van der Waals surface area contributed by atoms with Gasteiger partial charge in [0.1, 0.15) is 18.2 Å². The van der Waals surface area contributed by atoms with E-state index in [4.69, 9.17) is 9.47 Å². The van der Waals surface area contributed by atoms with Crippen LogP contribution < -0.4 is 5.32 Å². The van der Waals surface area contributed by atoms with E-state index >= 15 is 0 Å². The zero-order valence-corrected chi connectivity index (χ0v) is 23.3. The molecule has 0 aliphatic heterocycles. The Balaban J connectivity index is 1.72. The maximum absolute atomic E-state index is 13.8. The van der Waals surface area contributed by atoms with Crippen LogP contribution in [0.3, 0.4) is 0 Å². The fourth-order valence-electron chi connectivity index (χ4n) is 5.94. The van der Waals surface area contributed by atoms with Gasteiger partial charge in [-0.05, 0) is 77.7 Å². The Bertz CT molecular complexity index is 883. The SMILES string of the molecule is CCOC(=O)[C@H](CCc1ccccc1)N[C@@H](C)C(=O)N(CC(=O)OC(C)(C)C)C1C[C@H]2CCCC[C@H]2C1. The second-order valence-electron chi connectivity index (χ2n) is 11.7. The number of hydrogen-bond acceptors (Lipinski definition) is 6. The monoisotopic (exact) mass is 514 g/mol. The van der Waals surface area contributed by atoms with Crippen LogP contribution in [0.15, 0.2) is 30.3 Å². The minimum Gasteiger partial charge on any atom is -0.465 e. The lowest BCUT2D eigenvalue weighted by Crippen LogP contribution is -2.54. The van der Waals surface area contributed by atoms with Crippen molar-refractivity contribution in [1.82, 2.24) is 10.2 Å². The van der Waals surface area contributed by atoms with Crippen molar-refractivity contribution in [3.63, 3.8) is 0 Å². The Morgan fingerprint density at radius 2 is 1.68 bits per heavy atom. The highest BCUT2D eigenvalue weighted by molar-refractivity contribution is 5.87. The molecule has 7 heteroatoms. The molecule has 2 fully saturated rings. The van der Waals surface area contributed by atoms with Gasteiger partial charge in [0.15, 0.2) is 0 Å². The van der Waals surface area contributed by atoms with Crippen molar-refractivity contribution in [2.45, 2.75) is 110 Å². The van der Waals surface area contributed by atoms with Crippen LogP contribution in [-0.4, -0.2) is 59.6 Å². The number of aryl methyl sites for hydroxylation is 1. The van der Waals surface area contributed by atoms with Crippen LogP contribution in [0, 0.1) is 11.8 Å². The Morgan fingerprint density at radius 3 is 2.24 bits per heavy atom. The number of esters is 2. The highest BCUT2D eigenvalue weighted by atomic mass is 16.6. The molecule has 0 aromatic heterocycles. The largest absolute Gasteiger partial charge is 0.465 e. The van der Waals surface area contributed by atoms with Crippen LogP contribution in [0.1, 0.15) is 85.1 Å². The maximum Gasteiger partial charge on any atom is 0.326 e. The first-order valence-electron chi connectivity index (χ1n) is 14.1. The lowest BCUT2D eigenvalue weighted by atomic mass is 9.82. The van der Waals surface area contributed by atoms with E-state index in [1.165, 1.54) is 25.7 Å². The molecule has 37 heavy (non-hydrogen) atoms. The van der Waals surface area contributed by atoms with E-state index in [1.54, 1.807) is 18.7 Å². The molecule has 0 radical (unpaired) electrons. The molecular formula is C30H46N2O5. The van der Waals surface area contributed by atoms with Crippen molar-refractivity contribution in [2.24, 2.45) is 11.8 Å². The first kappa shape index (κ1) is 29.2. The predicted molar refractivity (Wildman–Crippen MR) is 144 cm³/mol. The van der Waals surface area contributed by atoms with Gasteiger partial charge in [-0.15, -0.1) is 0 Å². The molecule has 3 rings (SSSR count). The normalized spacial score (nSPS) is 23.0. The van der Waals surface area contributed by atoms with E-state index < -0.39 is 23.7 Å². The van der Waals surface area contributed by atoms with E-state index in [-0.39, 0.29) is 31.1 Å². The van der Waals surface area contributed by atoms with Crippen molar-refractivity contribution < 1.29 is 23.9 Å². The molecule has 1 aromatic carbocycles. The van der Waals surface area contributed by atoms with Gasteiger partial charge in [-0.2, -0.15) is 0 Å². The molecule has 0 heterocycles. The third-order valence-corrected chi connectivity index (χ3v) is 7.62. The molecule has 1 amide bonds. The van der Waals surface area contributed by atoms with Crippen molar-refractivity contribution in [3.8, 4) is 0 Å². The van der Waals surface area contributed by atoms with Gasteiger partial charge in [0.25, 0.3) is 0 Å². The minimum absolute atomic E-state index is 0.0164. The topological polar surface area (TPSA) is 84.9 Å². The number of hydrogen-bond donors (Lipinski definition) is 1. The number of carbonyl (C=O) groups is 3. The molecule has 5 atom stereocenters. The van der Waals surface area contributed by atoms with Crippen molar-refractivity contribution in [1.29, 1.82) is 0 Å². The zero-order valence-electron chi connectivity index (χ0n) is 23.3. The van der Waals surface area contributed by atoms with Crippen LogP contribution in [0.4, 0.5) is 0 Å². The van der Waals surface area contributed by atoms with Crippen molar-refractivity contribution >= 4 is 17.8 Å². The van der Waals surface area contributed by atoms with Gasteiger partial charge in [0.05, 0.1) is 12.6 Å². The molecule has 1 aromatic rings. The second kappa shape index (κ2) is 13.4. The molecule has 206 valence electrons. The number of carbonyl (C=O) groups excluding carboxylic acids is 3. The number of ether oxygens (including phenoxy) is 2.